The quantitative estimate of drug-likeness (QED) is 0.775. The smallest absolute Gasteiger partial charge is 0.337 e. The number of carboxylic acid groups (broad SMARTS) is 1. The second-order valence-corrected chi connectivity index (χ2v) is 4.39. The van der Waals surface area contributed by atoms with Gasteiger partial charge in [0.15, 0.2) is 0 Å². The van der Waals surface area contributed by atoms with E-state index >= 15 is 0 Å². The molecule has 2 atom stereocenters. The number of hydrogen-bond acceptors (Lipinski definition) is 4. The first-order chi connectivity index (χ1) is 8.61. The minimum absolute atomic E-state index is 0.202. The molecule has 96 valence electrons. The van der Waals surface area contributed by atoms with Gasteiger partial charge >= 0.3 is 11.9 Å². The lowest BCUT2D eigenvalue weighted by molar-refractivity contribution is -0.138. The maximum Gasteiger partial charge on any atom is 0.337 e. The van der Waals surface area contributed by atoms with Crippen molar-refractivity contribution in [2.75, 3.05) is 19.0 Å². The lowest BCUT2D eigenvalue weighted by Crippen LogP contribution is -2.08. The summed E-state index contributed by atoms with van der Waals surface area (Å²) in [5.41, 5.74) is 1.37. The van der Waals surface area contributed by atoms with Crippen molar-refractivity contribution in [3.63, 3.8) is 0 Å². The number of esters is 1. The van der Waals surface area contributed by atoms with E-state index in [2.05, 4.69) is 10.1 Å². The SMILES string of the molecule is COC(=O)c1ccc(NCC2CC2C(=O)O)cc1. The third-order valence-electron chi connectivity index (χ3n) is 3.11. The molecule has 1 fully saturated rings. The van der Waals surface area contributed by atoms with Gasteiger partial charge in [-0.1, -0.05) is 0 Å². The lowest BCUT2D eigenvalue weighted by Gasteiger charge is -2.06. The van der Waals surface area contributed by atoms with Gasteiger partial charge in [-0.2, -0.15) is 0 Å². The number of carboxylic acids is 1. The molecule has 0 aromatic heterocycles. The number of nitrogens with one attached hydrogen (secondary N) is 1. The molecule has 1 aromatic rings. The molecular weight excluding hydrogens is 234 g/mol. The molecule has 2 rings (SSSR count). The van der Waals surface area contributed by atoms with Gasteiger partial charge in [0, 0.05) is 12.2 Å². The molecule has 0 radical (unpaired) electrons. The molecule has 0 spiro atoms. The van der Waals surface area contributed by atoms with Gasteiger partial charge in [0.25, 0.3) is 0 Å². The third kappa shape index (κ3) is 2.80. The average molecular weight is 249 g/mol. The summed E-state index contributed by atoms with van der Waals surface area (Å²) in [5.74, 6) is -1.08. The standard InChI is InChI=1S/C13H15NO4/c1-18-13(17)8-2-4-10(5-3-8)14-7-9-6-11(9)12(15)16/h2-5,9,11,14H,6-7H2,1H3,(H,15,16). The molecule has 0 amide bonds. The normalized spacial score (nSPS) is 21.2. The number of benzene rings is 1. The van der Waals surface area contributed by atoms with Gasteiger partial charge in [0.1, 0.15) is 0 Å². The molecule has 0 bridgehead atoms. The highest BCUT2D eigenvalue weighted by Gasteiger charge is 2.42. The van der Waals surface area contributed by atoms with Crippen molar-refractivity contribution in [2.24, 2.45) is 11.8 Å². The molecule has 18 heavy (non-hydrogen) atoms. The number of carbonyl (C=O) groups excluding carboxylic acids is 1. The number of anilines is 1. The summed E-state index contributed by atoms with van der Waals surface area (Å²) in [4.78, 5) is 21.9. The van der Waals surface area contributed by atoms with Gasteiger partial charge in [-0.05, 0) is 36.6 Å². The van der Waals surface area contributed by atoms with Crippen molar-refractivity contribution in [3.8, 4) is 0 Å². The Morgan fingerprint density at radius 1 is 1.39 bits per heavy atom. The van der Waals surface area contributed by atoms with Crippen LogP contribution >= 0.6 is 0 Å². The maximum atomic E-state index is 11.2. The Balaban J connectivity index is 1.84. The van der Waals surface area contributed by atoms with Crippen molar-refractivity contribution < 1.29 is 19.4 Å². The second-order valence-electron chi connectivity index (χ2n) is 4.39. The lowest BCUT2D eigenvalue weighted by atomic mass is 10.2. The maximum absolute atomic E-state index is 11.2. The van der Waals surface area contributed by atoms with Gasteiger partial charge in [-0.3, -0.25) is 4.79 Å². The van der Waals surface area contributed by atoms with Crippen LogP contribution < -0.4 is 5.32 Å². The number of methoxy groups -OCH3 is 1. The van der Waals surface area contributed by atoms with E-state index in [1.165, 1.54) is 7.11 Å². The predicted octanol–water partition coefficient (Wildman–Crippen LogP) is 1.61. The Labute approximate surface area is 105 Å². The largest absolute Gasteiger partial charge is 0.481 e. The Hall–Kier alpha value is -2.04. The summed E-state index contributed by atoms with van der Waals surface area (Å²) < 4.78 is 4.60. The van der Waals surface area contributed by atoms with Crippen LogP contribution in [0.1, 0.15) is 16.8 Å². The number of carbonyl (C=O) groups is 2. The third-order valence-corrected chi connectivity index (χ3v) is 3.11. The summed E-state index contributed by atoms with van der Waals surface area (Å²) in [5, 5.41) is 11.9. The molecule has 1 aliphatic carbocycles. The van der Waals surface area contributed by atoms with Gasteiger partial charge in [-0.15, -0.1) is 0 Å². The van der Waals surface area contributed by atoms with Crippen molar-refractivity contribution in [3.05, 3.63) is 29.8 Å². The van der Waals surface area contributed by atoms with E-state index in [1.54, 1.807) is 24.3 Å². The molecule has 0 saturated heterocycles. The molecule has 2 N–H and O–H groups in total. The monoisotopic (exact) mass is 249 g/mol. The van der Waals surface area contributed by atoms with Crippen LogP contribution in [0.15, 0.2) is 24.3 Å². The van der Waals surface area contributed by atoms with Crippen LogP contribution in [0.4, 0.5) is 5.69 Å². The highest BCUT2D eigenvalue weighted by atomic mass is 16.5. The Morgan fingerprint density at radius 3 is 2.56 bits per heavy atom. The van der Waals surface area contributed by atoms with Gasteiger partial charge in [0.05, 0.1) is 18.6 Å². The molecule has 0 aliphatic heterocycles. The van der Waals surface area contributed by atoms with E-state index in [-0.39, 0.29) is 17.8 Å². The first-order valence-corrected chi connectivity index (χ1v) is 5.77. The minimum Gasteiger partial charge on any atom is -0.481 e. The molecule has 5 heteroatoms. The number of hydrogen-bond donors (Lipinski definition) is 2. The number of aliphatic carboxylic acids is 1. The summed E-state index contributed by atoms with van der Waals surface area (Å²) in [6, 6.07) is 6.92. The fourth-order valence-electron chi connectivity index (χ4n) is 1.87. The predicted molar refractivity (Wildman–Crippen MR) is 65.5 cm³/mol. The zero-order valence-corrected chi connectivity index (χ0v) is 10.1. The zero-order valence-electron chi connectivity index (χ0n) is 10.1. The van der Waals surface area contributed by atoms with Crippen LogP contribution in [0.2, 0.25) is 0 Å². The molecule has 1 aliphatic rings. The van der Waals surface area contributed by atoms with Crippen LogP contribution in [0.3, 0.4) is 0 Å². The van der Waals surface area contributed by atoms with E-state index in [0.29, 0.717) is 12.1 Å². The second kappa shape index (κ2) is 5.08. The molecule has 5 nitrogen and oxygen atoms in total. The molecule has 1 aromatic carbocycles. The van der Waals surface area contributed by atoms with E-state index < -0.39 is 5.97 Å². The van der Waals surface area contributed by atoms with Gasteiger partial charge < -0.3 is 15.2 Å². The van der Waals surface area contributed by atoms with Crippen molar-refractivity contribution in [1.29, 1.82) is 0 Å². The fraction of sp³-hybridized carbons (Fsp3) is 0.385. The van der Waals surface area contributed by atoms with E-state index in [0.717, 1.165) is 12.1 Å². The van der Waals surface area contributed by atoms with E-state index in [9.17, 15) is 9.59 Å². The fourth-order valence-corrected chi connectivity index (χ4v) is 1.87. The Bertz CT molecular complexity index is 455. The Kier molecular flexibility index (Phi) is 3.50. The van der Waals surface area contributed by atoms with Crippen LogP contribution in [-0.2, 0) is 9.53 Å². The van der Waals surface area contributed by atoms with E-state index in [4.69, 9.17) is 5.11 Å². The Morgan fingerprint density at radius 2 is 2.06 bits per heavy atom. The molecular formula is C13H15NO4. The van der Waals surface area contributed by atoms with Crippen LogP contribution in [0.25, 0.3) is 0 Å². The van der Waals surface area contributed by atoms with Crippen LogP contribution in [0.5, 0.6) is 0 Å². The van der Waals surface area contributed by atoms with Crippen LogP contribution in [0, 0.1) is 11.8 Å². The first-order valence-electron chi connectivity index (χ1n) is 5.77. The first kappa shape index (κ1) is 12.4. The number of ether oxygens (including phenoxy) is 1. The molecule has 0 heterocycles. The summed E-state index contributed by atoms with van der Waals surface area (Å²) in [6.07, 6.45) is 0.739. The summed E-state index contributed by atoms with van der Waals surface area (Å²) in [7, 11) is 1.34. The minimum atomic E-state index is -0.720. The highest BCUT2D eigenvalue weighted by Crippen LogP contribution is 2.38. The van der Waals surface area contributed by atoms with E-state index in [1.807, 2.05) is 0 Å². The van der Waals surface area contributed by atoms with Gasteiger partial charge in [0.2, 0.25) is 0 Å². The summed E-state index contributed by atoms with van der Waals surface area (Å²) >= 11 is 0. The number of rotatable bonds is 5. The summed E-state index contributed by atoms with van der Waals surface area (Å²) in [6.45, 7) is 0.647. The molecule has 2 unspecified atom stereocenters. The zero-order chi connectivity index (χ0) is 13.1. The van der Waals surface area contributed by atoms with Crippen molar-refractivity contribution in [2.45, 2.75) is 6.42 Å². The topological polar surface area (TPSA) is 75.6 Å². The van der Waals surface area contributed by atoms with Gasteiger partial charge in [-0.25, -0.2) is 4.79 Å². The molecule has 1 saturated carbocycles. The average Bonchev–Trinajstić information content (AvgIpc) is 3.16. The van der Waals surface area contributed by atoms with Crippen molar-refractivity contribution >= 4 is 17.6 Å². The van der Waals surface area contributed by atoms with Crippen molar-refractivity contribution in [1.82, 2.24) is 0 Å². The highest BCUT2D eigenvalue weighted by molar-refractivity contribution is 5.89. The van der Waals surface area contributed by atoms with Crippen LogP contribution in [-0.4, -0.2) is 30.7 Å².